The van der Waals surface area contributed by atoms with Crippen LogP contribution >= 0.6 is 11.6 Å². The lowest BCUT2D eigenvalue weighted by molar-refractivity contribution is 0.313. The molecule has 6 nitrogen and oxygen atoms in total. The van der Waals surface area contributed by atoms with Gasteiger partial charge in [0.2, 0.25) is 0 Å². The van der Waals surface area contributed by atoms with Crippen molar-refractivity contribution in [2.45, 2.75) is 6.54 Å². The fraction of sp³-hybridized carbons (Fsp3) is 0.150. The number of halogens is 2. The zero-order chi connectivity index (χ0) is 19.9. The Morgan fingerprint density at radius 3 is 2.54 bits per heavy atom. The van der Waals surface area contributed by atoms with E-state index >= 15 is 0 Å². The third-order valence-corrected chi connectivity index (χ3v) is 4.10. The standard InChI is InChI=1S/C20H18ClFN4O2/c1-26(13-15-5-9-17(27-2)10-6-15)19-18(22)12-23-20(25-19)28-24-11-14-3-7-16(21)8-4-14/h3-12H,13H2,1-2H3/b24-11+. The van der Waals surface area contributed by atoms with E-state index in [9.17, 15) is 4.39 Å². The van der Waals surface area contributed by atoms with Gasteiger partial charge in [0.05, 0.1) is 19.5 Å². The monoisotopic (exact) mass is 400 g/mol. The molecule has 0 atom stereocenters. The summed E-state index contributed by atoms with van der Waals surface area (Å²) in [6.07, 6.45) is 2.55. The fourth-order valence-corrected chi connectivity index (χ4v) is 2.54. The summed E-state index contributed by atoms with van der Waals surface area (Å²) in [5.41, 5.74) is 1.77. The van der Waals surface area contributed by atoms with Crippen LogP contribution in [0.1, 0.15) is 11.1 Å². The van der Waals surface area contributed by atoms with Gasteiger partial charge in [-0.15, -0.1) is 0 Å². The second-order valence-electron chi connectivity index (χ2n) is 5.91. The van der Waals surface area contributed by atoms with E-state index in [-0.39, 0.29) is 11.8 Å². The Labute approximate surface area is 167 Å². The van der Waals surface area contributed by atoms with Crippen molar-refractivity contribution in [2.75, 3.05) is 19.1 Å². The zero-order valence-electron chi connectivity index (χ0n) is 15.3. The molecule has 0 bridgehead atoms. The van der Waals surface area contributed by atoms with E-state index in [2.05, 4.69) is 15.1 Å². The molecule has 0 aliphatic rings. The van der Waals surface area contributed by atoms with Gasteiger partial charge in [-0.05, 0) is 35.4 Å². The summed E-state index contributed by atoms with van der Waals surface area (Å²) in [6.45, 7) is 0.450. The lowest BCUT2D eigenvalue weighted by Crippen LogP contribution is -2.19. The third kappa shape index (κ3) is 5.17. The lowest BCUT2D eigenvalue weighted by Gasteiger charge is -2.18. The molecule has 1 aromatic heterocycles. The fourth-order valence-electron chi connectivity index (χ4n) is 2.42. The Morgan fingerprint density at radius 1 is 1.14 bits per heavy atom. The maximum atomic E-state index is 14.2. The average Bonchev–Trinajstić information content (AvgIpc) is 2.71. The van der Waals surface area contributed by atoms with E-state index in [1.165, 1.54) is 6.21 Å². The Kier molecular flexibility index (Phi) is 6.39. The third-order valence-electron chi connectivity index (χ3n) is 3.85. The van der Waals surface area contributed by atoms with Crippen molar-refractivity contribution < 1.29 is 14.0 Å². The van der Waals surface area contributed by atoms with Crippen LogP contribution in [0.15, 0.2) is 59.9 Å². The molecule has 2 aromatic carbocycles. The number of hydrogen-bond acceptors (Lipinski definition) is 6. The Morgan fingerprint density at radius 2 is 1.86 bits per heavy atom. The van der Waals surface area contributed by atoms with Gasteiger partial charge < -0.3 is 14.5 Å². The van der Waals surface area contributed by atoms with E-state index < -0.39 is 5.82 Å². The topological polar surface area (TPSA) is 59.8 Å². The summed E-state index contributed by atoms with van der Waals surface area (Å²) in [4.78, 5) is 14.7. The van der Waals surface area contributed by atoms with Crippen LogP contribution in [-0.2, 0) is 6.54 Å². The van der Waals surface area contributed by atoms with Crippen LogP contribution in [-0.4, -0.2) is 30.3 Å². The van der Waals surface area contributed by atoms with Gasteiger partial charge in [-0.1, -0.05) is 41.0 Å². The zero-order valence-corrected chi connectivity index (χ0v) is 16.1. The number of benzene rings is 2. The van der Waals surface area contributed by atoms with Crippen LogP contribution in [0.4, 0.5) is 10.2 Å². The first-order valence-electron chi connectivity index (χ1n) is 8.37. The molecule has 0 aliphatic carbocycles. The quantitative estimate of drug-likeness (QED) is 0.436. The van der Waals surface area contributed by atoms with Crippen molar-refractivity contribution >= 4 is 23.6 Å². The molecule has 144 valence electrons. The molecule has 0 saturated heterocycles. The molecule has 28 heavy (non-hydrogen) atoms. The maximum absolute atomic E-state index is 14.2. The molecule has 0 aliphatic heterocycles. The molecular weight excluding hydrogens is 383 g/mol. The van der Waals surface area contributed by atoms with Crippen LogP contribution in [0.25, 0.3) is 0 Å². The second-order valence-corrected chi connectivity index (χ2v) is 6.34. The van der Waals surface area contributed by atoms with E-state index in [0.29, 0.717) is 11.6 Å². The number of hydrogen-bond donors (Lipinski definition) is 0. The van der Waals surface area contributed by atoms with E-state index in [1.807, 2.05) is 24.3 Å². The number of oxime groups is 1. The van der Waals surface area contributed by atoms with Crippen molar-refractivity contribution in [1.29, 1.82) is 0 Å². The van der Waals surface area contributed by atoms with Gasteiger partial charge in [-0.25, -0.2) is 4.39 Å². The number of rotatable bonds is 7. The minimum absolute atomic E-state index is 0.0526. The van der Waals surface area contributed by atoms with Gasteiger partial charge >= 0.3 is 6.01 Å². The molecule has 3 aromatic rings. The first-order valence-corrected chi connectivity index (χ1v) is 8.75. The van der Waals surface area contributed by atoms with Crippen molar-refractivity contribution in [3.05, 3.63) is 76.7 Å². The molecule has 0 unspecified atom stereocenters. The number of aromatic nitrogens is 2. The highest BCUT2D eigenvalue weighted by Gasteiger charge is 2.13. The number of methoxy groups -OCH3 is 1. The Bertz CT molecular complexity index is 949. The normalized spacial score (nSPS) is 10.9. The predicted molar refractivity (Wildman–Crippen MR) is 107 cm³/mol. The first-order chi connectivity index (χ1) is 13.5. The lowest BCUT2D eigenvalue weighted by atomic mass is 10.2. The summed E-state index contributed by atoms with van der Waals surface area (Å²) in [6, 6.07) is 14.5. The minimum atomic E-state index is -0.551. The molecule has 0 saturated carbocycles. The molecule has 0 spiro atoms. The SMILES string of the molecule is COc1ccc(CN(C)c2nc(O/N=C/c3ccc(Cl)cc3)ncc2F)cc1. The molecule has 0 fully saturated rings. The maximum Gasteiger partial charge on any atom is 0.347 e. The van der Waals surface area contributed by atoms with Gasteiger partial charge in [0.1, 0.15) is 5.75 Å². The molecule has 1 heterocycles. The van der Waals surface area contributed by atoms with E-state index in [0.717, 1.165) is 23.1 Å². The van der Waals surface area contributed by atoms with Crippen LogP contribution in [0, 0.1) is 5.82 Å². The first kappa shape index (κ1) is 19.6. The van der Waals surface area contributed by atoms with Crippen LogP contribution in [0.3, 0.4) is 0 Å². The Hall–Kier alpha value is -3.19. The summed E-state index contributed by atoms with van der Waals surface area (Å²) in [7, 11) is 3.34. The molecule has 0 N–H and O–H groups in total. The number of anilines is 1. The van der Waals surface area contributed by atoms with Crippen LogP contribution in [0.2, 0.25) is 5.02 Å². The molecule has 3 rings (SSSR count). The van der Waals surface area contributed by atoms with E-state index in [4.69, 9.17) is 21.2 Å². The van der Waals surface area contributed by atoms with Crippen molar-refractivity contribution in [3.63, 3.8) is 0 Å². The van der Waals surface area contributed by atoms with Crippen molar-refractivity contribution in [1.82, 2.24) is 9.97 Å². The highest BCUT2D eigenvalue weighted by Crippen LogP contribution is 2.20. The van der Waals surface area contributed by atoms with Gasteiger partial charge in [-0.2, -0.15) is 9.97 Å². The van der Waals surface area contributed by atoms with Gasteiger partial charge in [-0.3, -0.25) is 0 Å². The van der Waals surface area contributed by atoms with Gasteiger partial charge in [0.25, 0.3) is 0 Å². The molecule has 0 amide bonds. The summed E-state index contributed by atoms with van der Waals surface area (Å²) >= 11 is 5.83. The van der Waals surface area contributed by atoms with Gasteiger partial charge in [0, 0.05) is 18.6 Å². The van der Waals surface area contributed by atoms with Crippen molar-refractivity contribution in [2.24, 2.45) is 5.16 Å². The Balaban J connectivity index is 1.68. The summed E-state index contributed by atoms with van der Waals surface area (Å²) in [5, 5.41) is 4.46. The highest BCUT2D eigenvalue weighted by atomic mass is 35.5. The van der Waals surface area contributed by atoms with Crippen LogP contribution < -0.4 is 14.5 Å². The average molecular weight is 401 g/mol. The predicted octanol–water partition coefficient (Wildman–Crippen LogP) is 4.33. The second kappa shape index (κ2) is 9.14. The highest BCUT2D eigenvalue weighted by molar-refractivity contribution is 6.30. The molecule has 8 heteroatoms. The minimum Gasteiger partial charge on any atom is -0.497 e. The van der Waals surface area contributed by atoms with Crippen molar-refractivity contribution in [3.8, 4) is 11.8 Å². The number of ether oxygens (including phenoxy) is 1. The van der Waals surface area contributed by atoms with Gasteiger partial charge in [0.15, 0.2) is 11.6 Å². The van der Waals surface area contributed by atoms with E-state index in [1.54, 1.807) is 43.3 Å². The molecule has 0 radical (unpaired) electrons. The summed E-state index contributed by atoms with van der Waals surface area (Å²) in [5.74, 6) is 0.321. The summed E-state index contributed by atoms with van der Waals surface area (Å²) < 4.78 is 19.3. The largest absolute Gasteiger partial charge is 0.497 e. The van der Waals surface area contributed by atoms with Crippen LogP contribution in [0.5, 0.6) is 11.8 Å². The smallest absolute Gasteiger partial charge is 0.347 e. The number of nitrogens with zero attached hydrogens (tertiary/aromatic N) is 4. The molecular formula is C20H18ClFN4O2.